The number of hydrogen-bond donors (Lipinski definition) is 0. The zero-order valence-electron chi connectivity index (χ0n) is 27.1. The van der Waals surface area contributed by atoms with Crippen molar-refractivity contribution in [2.75, 3.05) is 0 Å². The normalized spacial score (nSPS) is 11.9. The lowest BCUT2D eigenvalue weighted by Crippen LogP contribution is -1.96. The zero-order chi connectivity index (χ0) is 33.5. The van der Waals surface area contributed by atoms with Crippen LogP contribution in [0.4, 0.5) is 0 Å². The molecule has 238 valence electrons. The molecule has 8 heterocycles. The topological polar surface area (TPSA) is 79.2 Å². The van der Waals surface area contributed by atoms with Gasteiger partial charge in [0, 0.05) is 99.8 Å². The molecule has 0 aliphatic rings. The molecule has 0 spiro atoms. The van der Waals surface area contributed by atoms with Crippen LogP contribution in [0.1, 0.15) is 0 Å². The molecule has 0 aliphatic carbocycles. The Hall–Kier alpha value is -7.19. The molecule has 0 saturated carbocycles. The second kappa shape index (κ2) is 10.7. The third-order valence-corrected chi connectivity index (χ3v) is 10.1. The van der Waals surface area contributed by atoms with Crippen LogP contribution >= 0.6 is 0 Å². The van der Waals surface area contributed by atoms with E-state index in [1.54, 1.807) is 0 Å². The first kappa shape index (κ1) is 27.7. The van der Waals surface area contributed by atoms with Crippen molar-refractivity contribution >= 4 is 65.5 Å². The number of benzene rings is 3. The minimum absolute atomic E-state index is 0.967. The second-order valence-corrected chi connectivity index (χ2v) is 12.7. The predicted octanol–water partition coefficient (Wildman–Crippen LogP) is 9.62. The summed E-state index contributed by atoms with van der Waals surface area (Å²) in [6.07, 6.45) is 16.9. The first-order valence-electron chi connectivity index (χ1n) is 16.8. The van der Waals surface area contributed by atoms with Crippen LogP contribution in [0.25, 0.3) is 93.7 Å². The van der Waals surface area contributed by atoms with Crippen LogP contribution in [0.2, 0.25) is 0 Å². The van der Waals surface area contributed by atoms with Crippen molar-refractivity contribution in [2.45, 2.75) is 0 Å². The van der Waals surface area contributed by atoms with E-state index in [4.69, 9.17) is 4.98 Å². The van der Waals surface area contributed by atoms with E-state index in [9.17, 15) is 0 Å². The van der Waals surface area contributed by atoms with Gasteiger partial charge < -0.3 is 13.7 Å². The van der Waals surface area contributed by atoms with E-state index in [1.807, 2.05) is 61.8 Å². The van der Waals surface area contributed by atoms with Gasteiger partial charge >= 0.3 is 0 Å². The Labute approximate surface area is 290 Å². The number of rotatable bonds is 4. The first-order valence-corrected chi connectivity index (χ1v) is 16.8. The third kappa shape index (κ3) is 4.04. The van der Waals surface area contributed by atoms with Crippen molar-refractivity contribution in [1.29, 1.82) is 0 Å². The summed E-state index contributed by atoms with van der Waals surface area (Å²) in [6, 6.07) is 36.6. The van der Waals surface area contributed by atoms with Crippen LogP contribution in [0.15, 0.2) is 159 Å². The fraction of sp³-hybridized carbons (Fsp3) is 0. The molecule has 0 fully saturated rings. The van der Waals surface area contributed by atoms with Gasteiger partial charge in [-0.25, -0.2) is 0 Å². The highest BCUT2D eigenvalue weighted by Crippen LogP contribution is 2.37. The first-order chi connectivity index (χ1) is 25.3. The molecule has 8 aromatic heterocycles. The van der Waals surface area contributed by atoms with Crippen LogP contribution < -0.4 is 0 Å². The van der Waals surface area contributed by atoms with E-state index in [0.717, 1.165) is 93.7 Å². The Balaban J connectivity index is 0.995. The minimum Gasteiger partial charge on any atom is -0.309 e. The Morgan fingerprint density at radius 2 is 0.745 bits per heavy atom. The van der Waals surface area contributed by atoms with Crippen molar-refractivity contribution in [2.24, 2.45) is 0 Å². The Bertz CT molecular complexity index is 3030. The van der Waals surface area contributed by atoms with Crippen LogP contribution in [-0.2, 0) is 0 Å². The molecule has 11 aromatic rings. The molecule has 0 N–H and O–H groups in total. The molecular formula is C43H26N8. The molecule has 0 aliphatic heterocycles. The Morgan fingerprint density at radius 1 is 0.333 bits per heavy atom. The molecule has 3 aromatic carbocycles. The van der Waals surface area contributed by atoms with Gasteiger partial charge in [0.25, 0.3) is 0 Å². The van der Waals surface area contributed by atoms with E-state index in [0.29, 0.717) is 0 Å². The fourth-order valence-electron chi connectivity index (χ4n) is 7.82. The van der Waals surface area contributed by atoms with Gasteiger partial charge in [-0.3, -0.25) is 24.9 Å². The summed E-state index contributed by atoms with van der Waals surface area (Å²) in [5, 5.41) is 5.45. The average molecular weight is 655 g/mol. The molecule has 8 nitrogen and oxygen atoms in total. The van der Waals surface area contributed by atoms with E-state index in [1.165, 1.54) is 0 Å². The number of fused-ring (bicyclic) bond motifs is 9. The number of nitrogens with zero attached hydrogens (tertiary/aromatic N) is 8. The SMILES string of the molecule is c1cnc2c3cc(-n4c5ccncc5c5cnccc54)ccc3n(-c3ccc(-c4ccc(-n5c6ccncc6c6cnccc65)cc4)cc3)c2c1. The van der Waals surface area contributed by atoms with Gasteiger partial charge in [-0.15, -0.1) is 0 Å². The molecule has 0 unspecified atom stereocenters. The van der Waals surface area contributed by atoms with Crippen LogP contribution in [0, 0.1) is 0 Å². The van der Waals surface area contributed by atoms with Gasteiger partial charge in [0.05, 0.1) is 38.6 Å². The summed E-state index contributed by atoms with van der Waals surface area (Å²) in [5.41, 5.74) is 13.1. The maximum Gasteiger partial charge on any atom is 0.0964 e. The van der Waals surface area contributed by atoms with Gasteiger partial charge in [0.15, 0.2) is 0 Å². The summed E-state index contributed by atoms with van der Waals surface area (Å²) in [4.78, 5) is 22.4. The lowest BCUT2D eigenvalue weighted by Gasteiger charge is -2.11. The minimum atomic E-state index is 0.967. The molecular weight excluding hydrogens is 629 g/mol. The monoisotopic (exact) mass is 654 g/mol. The van der Waals surface area contributed by atoms with Gasteiger partial charge in [-0.1, -0.05) is 24.3 Å². The zero-order valence-corrected chi connectivity index (χ0v) is 27.1. The van der Waals surface area contributed by atoms with Crippen molar-refractivity contribution in [3.63, 3.8) is 0 Å². The average Bonchev–Trinajstić information content (AvgIpc) is 3.84. The van der Waals surface area contributed by atoms with Gasteiger partial charge in [-0.2, -0.15) is 0 Å². The second-order valence-electron chi connectivity index (χ2n) is 12.7. The number of aromatic nitrogens is 8. The van der Waals surface area contributed by atoms with Crippen LogP contribution in [0.5, 0.6) is 0 Å². The maximum atomic E-state index is 4.88. The van der Waals surface area contributed by atoms with Crippen molar-refractivity contribution < 1.29 is 0 Å². The molecule has 11 rings (SSSR count). The van der Waals surface area contributed by atoms with E-state index < -0.39 is 0 Å². The largest absolute Gasteiger partial charge is 0.309 e. The highest BCUT2D eigenvalue weighted by molar-refractivity contribution is 6.11. The van der Waals surface area contributed by atoms with Gasteiger partial charge in [0.1, 0.15) is 0 Å². The molecule has 0 saturated heterocycles. The van der Waals surface area contributed by atoms with Crippen molar-refractivity contribution in [3.8, 4) is 28.2 Å². The van der Waals surface area contributed by atoms with Crippen LogP contribution in [0.3, 0.4) is 0 Å². The predicted molar refractivity (Wildman–Crippen MR) is 204 cm³/mol. The lowest BCUT2D eigenvalue weighted by atomic mass is 10.0. The summed E-state index contributed by atoms with van der Waals surface area (Å²) >= 11 is 0. The molecule has 51 heavy (non-hydrogen) atoms. The van der Waals surface area contributed by atoms with E-state index in [2.05, 4.69) is 131 Å². The maximum absolute atomic E-state index is 4.88. The molecule has 0 bridgehead atoms. The molecule has 0 amide bonds. The Morgan fingerprint density at radius 3 is 1.24 bits per heavy atom. The van der Waals surface area contributed by atoms with Gasteiger partial charge in [-0.05, 0) is 90.0 Å². The lowest BCUT2D eigenvalue weighted by molar-refractivity contribution is 1.16. The summed E-state index contributed by atoms with van der Waals surface area (Å²) in [5.74, 6) is 0. The smallest absolute Gasteiger partial charge is 0.0964 e. The summed E-state index contributed by atoms with van der Waals surface area (Å²) in [7, 11) is 0. The quantitative estimate of drug-likeness (QED) is 0.189. The standard InChI is InChI=1S/C43H26N8/c1-2-42-43(48-17-1)32-22-31(51-40-15-20-46-25-35(40)36-26-47-21-16-41(36)51)11-12-37(32)50(42)30-9-5-28(6-10-30)27-3-7-29(8-4-27)49-38-13-18-44-23-33(38)34-24-45-19-14-39(34)49/h1-26H. The van der Waals surface area contributed by atoms with E-state index >= 15 is 0 Å². The number of pyridine rings is 5. The van der Waals surface area contributed by atoms with Gasteiger partial charge in [0.2, 0.25) is 0 Å². The number of hydrogen-bond acceptors (Lipinski definition) is 5. The highest BCUT2D eigenvalue weighted by atomic mass is 15.0. The molecule has 0 atom stereocenters. The molecule has 8 heteroatoms. The summed E-state index contributed by atoms with van der Waals surface area (Å²) < 4.78 is 6.87. The molecule has 0 radical (unpaired) electrons. The van der Waals surface area contributed by atoms with Crippen molar-refractivity contribution in [3.05, 3.63) is 159 Å². The van der Waals surface area contributed by atoms with E-state index in [-0.39, 0.29) is 0 Å². The highest BCUT2D eigenvalue weighted by Gasteiger charge is 2.18. The summed E-state index contributed by atoms with van der Waals surface area (Å²) in [6.45, 7) is 0. The Kier molecular flexibility index (Phi) is 5.79. The van der Waals surface area contributed by atoms with Crippen molar-refractivity contribution in [1.82, 2.24) is 38.6 Å². The fourth-order valence-corrected chi connectivity index (χ4v) is 7.82. The third-order valence-electron chi connectivity index (χ3n) is 10.1. The van der Waals surface area contributed by atoms with Crippen LogP contribution in [-0.4, -0.2) is 38.6 Å².